The zero-order valence-electron chi connectivity index (χ0n) is 14.5. The minimum atomic E-state index is 0.572. The van der Waals surface area contributed by atoms with Gasteiger partial charge in [0, 0.05) is 22.4 Å². The highest BCUT2D eigenvalue weighted by atomic mass is 32.1. The second-order valence-electron chi connectivity index (χ2n) is 5.59. The van der Waals surface area contributed by atoms with Crippen molar-refractivity contribution in [3.05, 3.63) is 63.3 Å². The molecular weight excluding hydrogens is 348 g/mol. The number of nitrogens with zero attached hydrogens (tertiary/aromatic N) is 2. The normalized spacial score (nSPS) is 11.5. The molecule has 0 spiro atoms. The van der Waals surface area contributed by atoms with Crippen molar-refractivity contribution in [3.8, 4) is 10.6 Å². The number of thiophene rings is 1. The summed E-state index contributed by atoms with van der Waals surface area (Å²) in [6.45, 7) is 6.41. The average molecular weight is 371 g/mol. The minimum Gasteiger partial charge on any atom is -0.357 e. The van der Waals surface area contributed by atoms with Crippen molar-refractivity contribution < 1.29 is 0 Å². The Morgan fingerprint density at radius 2 is 1.96 bits per heavy atom. The number of aryl methyl sites for hydroxylation is 1. The van der Waals surface area contributed by atoms with Crippen molar-refractivity contribution in [3.63, 3.8) is 0 Å². The second-order valence-corrected chi connectivity index (χ2v) is 7.44. The molecule has 0 aliphatic rings. The van der Waals surface area contributed by atoms with Crippen LogP contribution in [0.2, 0.25) is 0 Å². The molecule has 4 nitrogen and oxygen atoms in total. The Morgan fingerprint density at radius 3 is 2.68 bits per heavy atom. The molecule has 0 aliphatic heterocycles. The smallest absolute Gasteiger partial charge is 0.191 e. The Kier molecular flexibility index (Phi) is 6.19. The first-order valence-electron chi connectivity index (χ1n) is 8.31. The van der Waals surface area contributed by atoms with Crippen LogP contribution in [0.3, 0.4) is 0 Å². The molecule has 1 aromatic carbocycles. The summed E-state index contributed by atoms with van der Waals surface area (Å²) >= 11 is 3.43. The van der Waals surface area contributed by atoms with Crippen LogP contribution in [0, 0.1) is 6.92 Å². The van der Waals surface area contributed by atoms with Crippen LogP contribution < -0.4 is 10.6 Å². The van der Waals surface area contributed by atoms with Gasteiger partial charge in [-0.1, -0.05) is 30.3 Å². The predicted molar refractivity (Wildman–Crippen MR) is 108 cm³/mol. The van der Waals surface area contributed by atoms with Crippen molar-refractivity contribution in [2.75, 3.05) is 6.54 Å². The molecule has 2 aromatic heterocycles. The van der Waals surface area contributed by atoms with Crippen molar-refractivity contribution in [2.45, 2.75) is 26.9 Å². The molecule has 3 rings (SSSR count). The third-order valence-electron chi connectivity index (χ3n) is 3.70. The van der Waals surface area contributed by atoms with E-state index in [1.807, 2.05) is 18.2 Å². The van der Waals surface area contributed by atoms with Gasteiger partial charge >= 0.3 is 0 Å². The van der Waals surface area contributed by atoms with Gasteiger partial charge in [0.2, 0.25) is 0 Å². The maximum Gasteiger partial charge on any atom is 0.191 e. The fourth-order valence-corrected chi connectivity index (χ4v) is 4.01. The first kappa shape index (κ1) is 17.6. The molecule has 0 fully saturated rings. The number of nitrogens with one attached hydrogen (secondary N) is 2. The topological polar surface area (TPSA) is 49.3 Å². The van der Waals surface area contributed by atoms with Gasteiger partial charge in [-0.05, 0) is 30.9 Å². The zero-order chi connectivity index (χ0) is 17.5. The number of thiazole rings is 1. The lowest BCUT2D eigenvalue weighted by Crippen LogP contribution is -2.36. The lowest BCUT2D eigenvalue weighted by Gasteiger charge is -2.10. The van der Waals surface area contributed by atoms with Crippen molar-refractivity contribution in [1.29, 1.82) is 0 Å². The molecule has 6 heteroatoms. The van der Waals surface area contributed by atoms with E-state index in [0.717, 1.165) is 35.3 Å². The van der Waals surface area contributed by atoms with Crippen LogP contribution in [0.1, 0.15) is 23.1 Å². The summed E-state index contributed by atoms with van der Waals surface area (Å²) in [5.74, 6) is 0.824. The highest BCUT2D eigenvalue weighted by molar-refractivity contribution is 7.13. The predicted octanol–water partition coefficient (Wildman–Crippen LogP) is 4.44. The van der Waals surface area contributed by atoms with Crippen LogP contribution in [0.5, 0.6) is 0 Å². The Morgan fingerprint density at radius 1 is 1.12 bits per heavy atom. The number of benzene rings is 1. The van der Waals surface area contributed by atoms with E-state index in [2.05, 4.69) is 58.4 Å². The lowest BCUT2D eigenvalue weighted by atomic mass is 10.2. The van der Waals surface area contributed by atoms with Gasteiger partial charge in [-0.3, -0.25) is 0 Å². The fourth-order valence-electron chi connectivity index (χ4n) is 2.34. The van der Waals surface area contributed by atoms with Crippen LogP contribution >= 0.6 is 22.7 Å². The SMILES string of the molecule is CCNC(=NCc1csc(-c2ccccc2)n1)NCc1sccc1C. The Bertz CT molecular complexity index is 821. The van der Waals surface area contributed by atoms with Gasteiger partial charge in [-0.2, -0.15) is 0 Å². The van der Waals surface area contributed by atoms with Crippen LogP contribution in [-0.4, -0.2) is 17.5 Å². The molecule has 0 atom stereocenters. The zero-order valence-corrected chi connectivity index (χ0v) is 16.1. The van der Waals surface area contributed by atoms with E-state index < -0.39 is 0 Å². The Labute approximate surface area is 156 Å². The lowest BCUT2D eigenvalue weighted by molar-refractivity contribution is 0.818. The van der Waals surface area contributed by atoms with Gasteiger partial charge in [0.1, 0.15) is 5.01 Å². The monoisotopic (exact) mass is 370 g/mol. The average Bonchev–Trinajstić information content (AvgIpc) is 3.27. The number of hydrogen-bond acceptors (Lipinski definition) is 4. The molecule has 0 bridgehead atoms. The molecule has 130 valence electrons. The highest BCUT2D eigenvalue weighted by Gasteiger charge is 2.05. The highest BCUT2D eigenvalue weighted by Crippen LogP contribution is 2.23. The van der Waals surface area contributed by atoms with Crippen molar-refractivity contribution in [1.82, 2.24) is 15.6 Å². The molecule has 2 N–H and O–H groups in total. The largest absolute Gasteiger partial charge is 0.357 e. The summed E-state index contributed by atoms with van der Waals surface area (Å²) in [5, 5.41) is 11.9. The molecule has 0 saturated carbocycles. The van der Waals surface area contributed by atoms with Crippen LogP contribution in [0.15, 0.2) is 52.2 Å². The third kappa shape index (κ3) is 4.90. The third-order valence-corrected chi connectivity index (χ3v) is 5.66. The number of aromatic nitrogens is 1. The number of guanidine groups is 1. The van der Waals surface area contributed by atoms with E-state index >= 15 is 0 Å². The van der Waals surface area contributed by atoms with Crippen molar-refractivity contribution in [2.24, 2.45) is 4.99 Å². The molecule has 2 heterocycles. The standard InChI is InChI=1S/C19H22N4S2/c1-3-20-19(22-12-17-14(2)9-10-24-17)21-11-16-13-25-18(23-16)15-7-5-4-6-8-15/h4-10,13H,3,11-12H2,1-2H3,(H2,20,21,22). The maximum absolute atomic E-state index is 4.69. The van der Waals surface area contributed by atoms with Gasteiger partial charge in [-0.15, -0.1) is 22.7 Å². The summed E-state index contributed by atoms with van der Waals surface area (Å²) in [7, 11) is 0. The molecule has 3 aromatic rings. The van der Waals surface area contributed by atoms with Gasteiger partial charge in [0.15, 0.2) is 5.96 Å². The van der Waals surface area contributed by atoms with E-state index in [1.165, 1.54) is 10.4 Å². The van der Waals surface area contributed by atoms with Gasteiger partial charge in [0.25, 0.3) is 0 Å². The summed E-state index contributed by atoms with van der Waals surface area (Å²) in [6.07, 6.45) is 0. The number of hydrogen-bond donors (Lipinski definition) is 2. The van der Waals surface area contributed by atoms with E-state index in [4.69, 9.17) is 4.98 Å². The molecule has 0 aliphatic carbocycles. The van der Waals surface area contributed by atoms with E-state index in [-0.39, 0.29) is 0 Å². The van der Waals surface area contributed by atoms with Gasteiger partial charge in [0.05, 0.1) is 18.8 Å². The summed E-state index contributed by atoms with van der Waals surface area (Å²) in [5.41, 5.74) is 3.47. The quantitative estimate of drug-likeness (QED) is 0.498. The van der Waals surface area contributed by atoms with Gasteiger partial charge < -0.3 is 10.6 Å². The van der Waals surface area contributed by atoms with Gasteiger partial charge in [-0.25, -0.2) is 9.98 Å². The molecule has 25 heavy (non-hydrogen) atoms. The van der Waals surface area contributed by atoms with E-state index in [9.17, 15) is 0 Å². The molecular formula is C19H22N4S2. The minimum absolute atomic E-state index is 0.572. The van der Waals surface area contributed by atoms with Crippen LogP contribution in [0.25, 0.3) is 10.6 Å². The fraction of sp³-hybridized carbons (Fsp3) is 0.263. The summed E-state index contributed by atoms with van der Waals surface area (Å²) < 4.78 is 0. The number of rotatable bonds is 6. The van der Waals surface area contributed by atoms with E-state index in [0.29, 0.717) is 6.54 Å². The van der Waals surface area contributed by atoms with Crippen molar-refractivity contribution >= 4 is 28.6 Å². The number of aliphatic imine (C=N–C) groups is 1. The van der Waals surface area contributed by atoms with E-state index in [1.54, 1.807) is 22.7 Å². The molecule has 0 saturated heterocycles. The summed E-state index contributed by atoms with van der Waals surface area (Å²) in [6, 6.07) is 12.4. The molecule has 0 amide bonds. The summed E-state index contributed by atoms with van der Waals surface area (Å²) in [4.78, 5) is 10.7. The molecule has 0 radical (unpaired) electrons. The maximum atomic E-state index is 4.69. The first-order chi connectivity index (χ1) is 12.3. The second kappa shape index (κ2) is 8.78. The van der Waals surface area contributed by atoms with Crippen LogP contribution in [0.4, 0.5) is 0 Å². The molecule has 0 unspecified atom stereocenters. The first-order valence-corrected chi connectivity index (χ1v) is 10.1. The Hall–Kier alpha value is -2.18. The van der Waals surface area contributed by atoms with Crippen LogP contribution in [-0.2, 0) is 13.1 Å². The Balaban J connectivity index is 1.63.